The van der Waals surface area contributed by atoms with Crippen molar-refractivity contribution in [2.24, 2.45) is 0 Å². The number of carbonyl (C=O) groups is 4. The molecular formula is C8H12O12Pt. The van der Waals surface area contributed by atoms with Gasteiger partial charge in [0, 0.05) is 0 Å². The molecule has 0 atom stereocenters. The van der Waals surface area contributed by atoms with Crippen molar-refractivity contribution in [3.05, 3.63) is 0 Å². The van der Waals surface area contributed by atoms with Crippen LogP contribution in [0.25, 0.3) is 0 Å². The summed E-state index contributed by atoms with van der Waals surface area (Å²) >= 11 is 0. The van der Waals surface area contributed by atoms with Crippen LogP contribution in [0.2, 0.25) is 0 Å². The van der Waals surface area contributed by atoms with Crippen LogP contribution in [-0.4, -0.2) is 70.7 Å². The van der Waals surface area contributed by atoms with Crippen LogP contribution in [0, 0.1) is 0 Å². The van der Waals surface area contributed by atoms with Crippen LogP contribution in [-0.2, 0) is 40.2 Å². The van der Waals surface area contributed by atoms with Gasteiger partial charge >= 0.3 is 21.1 Å². The Morgan fingerprint density at radius 2 is 0.571 bits per heavy atom. The standard InChI is InChI=1S/4C2H4O3.Pt/c4*3-1-2(4)5;/h4*3H,1H2,(H,4,5);/q;;;;+4/p-4. The topological polar surface area (TPSA) is 241 Å². The van der Waals surface area contributed by atoms with Crippen molar-refractivity contribution in [1.29, 1.82) is 0 Å². The number of carboxylic acid groups (broad SMARTS) is 4. The molecule has 126 valence electrons. The first-order valence-electron chi connectivity index (χ1n) is 4.31. The Balaban J connectivity index is -0.0000000533. The van der Waals surface area contributed by atoms with Gasteiger partial charge in [0.05, 0.1) is 50.3 Å². The molecule has 0 saturated heterocycles. The summed E-state index contributed by atoms with van der Waals surface area (Å²) in [6, 6.07) is 0. The van der Waals surface area contributed by atoms with Gasteiger partial charge in [-0.15, -0.1) is 0 Å². The third-order valence-electron chi connectivity index (χ3n) is 0.516. The zero-order chi connectivity index (χ0) is 17.1. The van der Waals surface area contributed by atoms with Crippen LogP contribution in [0.1, 0.15) is 0 Å². The molecule has 0 rings (SSSR count). The fourth-order valence-electron chi connectivity index (χ4n) is 0. The number of carbonyl (C=O) groups excluding carboxylic acids is 4. The van der Waals surface area contributed by atoms with Crippen LogP contribution in [0.15, 0.2) is 0 Å². The fourth-order valence-corrected chi connectivity index (χ4v) is 0. The van der Waals surface area contributed by atoms with E-state index < -0.39 is 50.3 Å². The van der Waals surface area contributed by atoms with Crippen LogP contribution in [0.3, 0.4) is 0 Å². The van der Waals surface area contributed by atoms with Gasteiger partial charge in [-0.1, -0.05) is 0 Å². The molecule has 13 heteroatoms. The van der Waals surface area contributed by atoms with E-state index >= 15 is 0 Å². The van der Waals surface area contributed by atoms with E-state index in [0.29, 0.717) is 0 Å². The molecule has 0 heterocycles. The number of hydrogen-bond acceptors (Lipinski definition) is 12. The first-order chi connectivity index (χ1) is 9.08. The van der Waals surface area contributed by atoms with Gasteiger partial charge < -0.3 is 60.0 Å². The van der Waals surface area contributed by atoms with Crippen molar-refractivity contribution in [1.82, 2.24) is 0 Å². The molecule has 0 bridgehead atoms. The first kappa shape index (κ1) is 31.7. The third kappa shape index (κ3) is 121. The molecule has 0 aliphatic rings. The molecule has 0 unspecified atom stereocenters. The van der Waals surface area contributed by atoms with Crippen LogP contribution in [0.4, 0.5) is 0 Å². The second kappa shape index (κ2) is 26.9. The molecule has 0 radical (unpaired) electrons. The summed E-state index contributed by atoms with van der Waals surface area (Å²) in [7, 11) is 0. The second-order valence-electron chi connectivity index (χ2n) is 2.12. The fraction of sp³-hybridized carbons (Fsp3) is 0.500. The van der Waals surface area contributed by atoms with E-state index in [1.54, 1.807) is 0 Å². The van der Waals surface area contributed by atoms with Gasteiger partial charge in [0.25, 0.3) is 0 Å². The minimum absolute atomic E-state index is 0. The predicted molar refractivity (Wildman–Crippen MR) is 48.4 cm³/mol. The predicted octanol–water partition coefficient (Wildman–Crippen LogP) is -9.09. The summed E-state index contributed by atoms with van der Waals surface area (Å²) in [5, 5.41) is 66.0. The minimum atomic E-state index is -1.44. The van der Waals surface area contributed by atoms with Crippen molar-refractivity contribution >= 4 is 23.9 Å². The Labute approximate surface area is 132 Å². The van der Waals surface area contributed by atoms with Crippen molar-refractivity contribution in [3.8, 4) is 0 Å². The maximum Gasteiger partial charge on any atom is 4.00 e. The zero-order valence-corrected chi connectivity index (χ0v) is 12.5. The van der Waals surface area contributed by atoms with Gasteiger partial charge in [0.15, 0.2) is 0 Å². The Bertz CT molecular complexity index is 222. The molecule has 0 fully saturated rings. The molecule has 0 aromatic heterocycles. The largest absolute Gasteiger partial charge is 4.00 e. The zero-order valence-electron chi connectivity index (χ0n) is 10.2. The van der Waals surface area contributed by atoms with Crippen LogP contribution < -0.4 is 20.4 Å². The molecule has 0 aliphatic heterocycles. The summed E-state index contributed by atoms with van der Waals surface area (Å²) < 4.78 is 0. The Kier molecular flexibility index (Phi) is 40.5. The SMILES string of the molecule is O=C([O-])CO.O=C([O-])CO.O=C([O-])CO.O=C([O-])CO.[Pt+4]. The molecule has 0 amide bonds. The van der Waals surface area contributed by atoms with Gasteiger partial charge in [0.2, 0.25) is 0 Å². The summed E-state index contributed by atoms with van der Waals surface area (Å²) in [6.45, 7) is -3.56. The van der Waals surface area contributed by atoms with E-state index in [1.165, 1.54) is 0 Å². The smallest absolute Gasteiger partial charge is 0.548 e. The molecule has 4 N–H and O–H groups in total. The monoisotopic (exact) mass is 495 g/mol. The second-order valence-corrected chi connectivity index (χ2v) is 2.12. The number of aliphatic hydroxyl groups is 4. The maximum absolute atomic E-state index is 9.01. The molecule has 21 heavy (non-hydrogen) atoms. The van der Waals surface area contributed by atoms with E-state index in [4.69, 9.17) is 60.0 Å². The van der Waals surface area contributed by atoms with Gasteiger partial charge in [-0.2, -0.15) is 0 Å². The number of carboxylic acids is 4. The van der Waals surface area contributed by atoms with Crippen LogP contribution >= 0.6 is 0 Å². The number of aliphatic hydroxyl groups excluding tert-OH is 4. The quantitative estimate of drug-likeness (QED) is 0.284. The molecule has 0 saturated carbocycles. The van der Waals surface area contributed by atoms with E-state index in [9.17, 15) is 0 Å². The summed E-state index contributed by atoms with van der Waals surface area (Å²) in [5.74, 6) is -5.76. The van der Waals surface area contributed by atoms with Crippen molar-refractivity contribution < 1.29 is 81.1 Å². The molecule has 0 aliphatic carbocycles. The Morgan fingerprint density at radius 3 is 0.571 bits per heavy atom. The van der Waals surface area contributed by atoms with Gasteiger partial charge in [0.1, 0.15) is 0 Å². The van der Waals surface area contributed by atoms with Gasteiger partial charge in [-0.25, -0.2) is 0 Å². The van der Waals surface area contributed by atoms with Gasteiger partial charge in [-0.05, 0) is 0 Å². The van der Waals surface area contributed by atoms with Crippen molar-refractivity contribution in [2.75, 3.05) is 26.4 Å². The number of hydrogen-bond donors (Lipinski definition) is 4. The molecule has 12 nitrogen and oxygen atoms in total. The molecule has 0 aromatic rings. The minimum Gasteiger partial charge on any atom is -0.548 e. The van der Waals surface area contributed by atoms with E-state index in [1.807, 2.05) is 0 Å². The van der Waals surface area contributed by atoms with E-state index in [0.717, 1.165) is 0 Å². The number of aliphatic carboxylic acids is 4. The molecule has 0 spiro atoms. The normalized spacial score (nSPS) is 7.05. The Morgan fingerprint density at radius 1 is 0.524 bits per heavy atom. The van der Waals surface area contributed by atoms with E-state index in [2.05, 4.69) is 0 Å². The van der Waals surface area contributed by atoms with E-state index in [-0.39, 0.29) is 21.1 Å². The van der Waals surface area contributed by atoms with Crippen LogP contribution in [0.5, 0.6) is 0 Å². The summed E-state index contributed by atoms with van der Waals surface area (Å²) in [6.07, 6.45) is 0. The molecular weight excluding hydrogens is 483 g/mol. The number of rotatable bonds is 4. The van der Waals surface area contributed by atoms with Crippen molar-refractivity contribution in [3.63, 3.8) is 0 Å². The molecule has 0 aromatic carbocycles. The third-order valence-corrected chi connectivity index (χ3v) is 0.516. The average Bonchev–Trinajstić information content (AvgIpc) is 2.40. The Hall–Kier alpha value is -1.59. The van der Waals surface area contributed by atoms with Gasteiger partial charge in [-0.3, -0.25) is 0 Å². The average molecular weight is 495 g/mol. The maximum atomic E-state index is 9.01. The summed E-state index contributed by atoms with van der Waals surface area (Å²) in [4.78, 5) is 36.0. The first-order valence-corrected chi connectivity index (χ1v) is 4.31. The summed E-state index contributed by atoms with van der Waals surface area (Å²) in [5.41, 5.74) is 0. The van der Waals surface area contributed by atoms with Crippen molar-refractivity contribution in [2.45, 2.75) is 0 Å².